The summed E-state index contributed by atoms with van der Waals surface area (Å²) in [7, 11) is 3.79. The van der Waals surface area contributed by atoms with Gasteiger partial charge in [0, 0.05) is 32.4 Å². The summed E-state index contributed by atoms with van der Waals surface area (Å²) in [5, 5.41) is 0.675. The molecule has 1 aromatic heterocycles. The number of Topliss-reactive ketones (excluding diaryl/α,β-unsaturated/α-hetero) is 1. The van der Waals surface area contributed by atoms with Crippen molar-refractivity contribution in [2.45, 2.75) is 19.0 Å². The van der Waals surface area contributed by atoms with Gasteiger partial charge >= 0.3 is 0 Å². The second-order valence-corrected chi connectivity index (χ2v) is 5.23. The third-order valence-electron chi connectivity index (χ3n) is 2.27. The predicted octanol–water partition coefficient (Wildman–Crippen LogP) is 2.33. The molecule has 0 N–H and O–H groups in total. The van der Waals surface area contributed by atoms with Gasteiger partial charge in [-0.1, -0.05) is 25.6 Å². The Morgan fingerprint density at radius 1 is 1.44 bits per heavy atom. The second kappa shape index (κ2) is 6.54. The zero-order valence-electron chi connectivity index (χ0n) is 11.5. The molecule has 5 heteroatoms. The van der Waals surface area contributed by atoms with Crippen molar-refractivity contribution >= 4 is 23.1 Å². The zero-order valence-corrected chi connectivity index (χ0v) is 12.3. The molecule has 0 unspecified atom stereocenters. The summed E-state index contributed by atoms with van der Waals surface area (Å²) in [5.74, 6) is 0.0401. The van der Waals surface area contributed by atoms with E-state index in [1.54, 1.807) is 12.3 Å². The summed E-state index contributed by atoms with van der Waals surface area (Å²) >= 11 is 1.47. The number of carbonyl (C=O) groups excluding carboxylic acids is 1. The lowest BCUT2D eigenvalue weighted by Gasteiger charge is -2.13. The van der Waals surface area contributed by atoms with Gasteiger partial charge in [0.15, 0.2) is 10.9 Å². The van der Waals surface area contributed by atoms with Gasteiger partial charge in [-0.2, -0.15) is 0 Å². The van der Waals surface area contributed by atoms with E-state index < -0.39 is 0 Å². The minimum absolute atomic E-state index is 0.0519. The molecule has 0 amide bonds. The first kappa shape index (κ1) is 14.7. The van der Waals surface area contributed by atoms with E-state index in [0.29, 0.717) is 16.4 Å². The van der Waals surface area contributed by atoms with E-state index in [1.807, 2.05) is 45.3 Å². The molecule has 0 aliphatic heterocycles. The van der Waals surface area contributed by atoms with Gasteiger partial charge < -0.3 is 4.90 Å². The van der Waals surface area contributed by atoms with Crippen molar-refractivity contribution in [1.82, 2.24) is 14.9 Å². The summed E-state index contributed by atoms with van der Waals surface area (Å²) in [6, 6.07) is 1.77. The average Bonchev–Trinajstić information content (AvgIpc) is 2.34. The van der Waals surface area contributed by atoms with Crippen LogP contribution >= 0.6 is 11.8 Å². The fourth-order valence-electron chi connectivity index (χ4n) is 1.41. The highest BCUT2D eigenvalue weighted by Crippen LogP contribution is 2.19. The van der Waals surface area contributed by atoms with Gasteiger partial charge in [0.2, 0.25) is 0 Å². The Hall–Kier alpha value is -1.36. The number of hydrogen-bond acceptors (Lipinski definition) is 5. The van der Waals surface area contributed by atoms with Crippen LogP contribution in [0.1, 0.15) is 19.5 Å². The van der Waals surface area contributed by atoms with Crippen LogP contribution in [0.5, 0.6) is 0 Å². The Morgan fingerprint density at radius 2 is 2.11 bits per heavy atom. The van der Waals surface area contributed by atoms with Crippen LogP contribution in [0.15, 0.2) is 23.6 Å². The first-order chi connectivity index (χ1) is 8.45. The minimum Gasteiger partial charge on any atom is -0.383 e. The van der Waals surface area contributed by atoms with Crippen molar-refractivity contribution in [2.24, 2.45) is 5.92 Å². The van der Waals surface area contributed by atoms with E-state index in [0.717, 1.165) is 0 Å². The average molecular weight is 265 g/mol. The molecule has 0 saturated heterocycles. The van der Waals surface area contributed by atoms with Crippen LogP contribution in [0, 0.1) is 5.92 Å². The first-order valence-corrected chi connectivity index (χ1v) is 6.98. The van der Waals surface area contributed by atoms with Gasteiger partial charge in [-0.05, 0) is 12.3 Å². The number of thioether (sulfide) groups is 1. The van der Waals surface area contributed by atoms with E-state index in [1.165, 1.54) is 11.8 Å². The number of ketones is 1. The van der Waals surface area contributed by atoms with Crippen molar-refractivity contribution in [3.8, 4) is 0 Å². The van der Waals surface area contributed by atoms with E-state index >= 15 is 0 Å². The lowest BCUT2D eigenvalue weighted by Crippen LogP contribution is -2.14. The summed E-state index contributed by atoms with van der Waals surface area (Å²) in [6.45, 7) is 3.78. The van der Waals surface area contributed by atoms with Crippen molar-refractivity contribution in [2.75, 3.05) is 20.4 Å². The Bertz CT molecular complexity index is 455. The molecule has 0 atom stereocenters. The molecule has 1 rings (SSSR count). The molecule has 0 fully saturated rings. The largest absolute Gasteiger partial charge is 0.383 e. The summed E-state index contributed by atoms with van der Waals surface area (Å²) in [6.07, 6.45) is 5.42. The molecule has 0 aliphatic rings. The second-order valence-electron chi connectivity index (χ2n) is 4.45. The fraction of sp³-hybridized carbons (Fsp3) is 0.462. The van der Waals surface area contributed by atoms with Gasteiger partial charge in [-0.25, -0.2) is 9.97 Å². The molecule has 18 heavy (non-hydrogen) atoms. The third-order valence-corrected chi connectivity index (χ3v) is 2.83. The smallest absolute Gasteiger partial charge is 0.187 e. The van der Waals surface area contributed by atoms with Crippen molar-refractivity contribution in [1.29, 1.82) is 0 Å². The Labute approximate surface area is 113 Å². The van der Waals surface area contributed by atoms with Crippen LogP contribution in [-0.2, 0) is 4.79 Å². The van der Waals surface area contributed by atoms with Crippen LogP contribution in [0.3, 0.4) is 0 Å². The number of rotatable bonds is 5. The summed E-state index contributed by atoms with van der Waals surface area (Å²) < 4.78 is 0. The molecule has 4 nitrogen and oxygen atoms in total. The van der Waals surface area contributed by atoms with E-state index in [4.69, 9.17) is 0 Å². The first-order valence-electron chi connectivity index (χ1n) is 5.75. The molecule has 0 aliphatic carbocycles. The highest BCUT2D eigenvalue weighted by Gasteiger charge is 2.17. The summed E-state index contributed by atoms with van der Waals surface area (Å²) in [5.41, 5.74) is 1.31. The molecule has 0 saturated carbocycles. The lowest BCUT2D eigenvalue weighted by atomic mass is 9.99. The third kappa shape index (κ3) is 3.84. The predicted molar refractivity (Wildman–Crippen MR) is 75.3 cm³/mol. The lowest BCUT2D eigenvalue weighted by molar-refractivity contribution is -0.116. The number of nitrogens with zero attached hydrogens (tertiary/aromatic N) is 3. The topological polar surface area (TPSA) is 46.1 Å². The van der Waals surface area contributed by atoms with Gasteiger partial charge in [-0.3, -0.25) is 4.79 Å². The molecule has 0 aromatic carbocycles. The van der Waals surface area contributed by atoms with Crippen LogP contribution in [0.4, 0.5) is 0 Å². The molecule has 0 spiro atoms. The fourth-order valence-corrected chi connectivity index (χ4v) is 1.77. The van der Waals surface area contributed by atoms with Crippen LogP contribution in [-0.4, -0.2) is 41.0 Å². The molecule has 98 valence electrons. The molecule has 0 radical (unpaired) electrons. The quantitative estimate of drug-likeness (QED) is 0.464. The van der Waals surface area contributed by atoms with E-state index in [-0.39, 0.29) is 11.7 Å². The van der Waals surface area contributed by atoms with E-state index in [9.17, 15) is 4.79 Å². The standard InChI is InChI=1S/C13H19N3OS/c1-9(2)12(17)10(8-16(3)4)11-6-7-14-13(15-11)18-5/h6-9H,1-5H3/b10-8+. The molecular weight excluding hydrogens is 246 g/mol. The van der Waals surface area contributed by atoms with Crippen LogP contribution in [0.25, 0.3) is 5.57 Å². The monoisotopic (exact) mass is 265 g/mol. The number of carbonyl (C=O) groups is 1. The number of hydrogen-bond donors (Lipinski definition) is 0. The maximum absolute atomic E-state index is 12.2. The Balaban J connectivity index is 3.22. The summed E-state index contributed by atoms with van der Waals surface area (Å²) in [4.78, 5) is 22.6. The normalized spacial score (nSPS) is 11.8. The Kier molecular flexibility index (Phi) is 5.34. The van der Waals surface area contributed by atoms with Gasteiger partial charge in [0.25, 0.3) is 0 Å². The minimum atomic E-state index is -0.0519. The van der Waals surface area contributed by atoms with Crippen molar-refractivity contribution in [3.05, 3.63) is 24.2 Å². The molecule has 0 bridgehead atoms. The number of allylic oxidation sites excluding steroid dienone is 1. The maximum atomic E-state index is 12.2. The SMILES string of the molecule is CSc1nccc(/C(=C\N(C)C)C(=O)C(C)C)n1. The zero-order chi connectivity index (χ0) is 13.7. The van der Waals surface area contributed by atoms with Crippen molar-refractivity contribution in [3.63, 3.8) is 0 Å². The van der Waals surface area contributed by atoms with Gasteiger partial charge in [0.1, 0.15) is 0 Å². The highest BCUT2D eigenvalue weighted by molar-refractivity contribution is 7.98. The number of aromatic nitrogens is 2. The van der Waals surface area contributed by atoms with Crippen molar-refractivity contribution < 1.29 is 4.79 Å². The van der Waals surface area contributed by atoms with E-state index in [2.05, 4.69) is 9.97 Å². The van der Waals surface area contributed by atoms with Gasteiger partial charge in [0.05, 0.1) is 11.3 Å². The Morgan fingerprint density at radius 3 is 2.61 bits per heavy atom. The highest BCUT2D eigenvalue weighted by atomic mass is 32.2. The van der Waals surface area contributed by atoms with Crippen LogP contribution in [0.2, 0.25) is 0 Å². The van der Waals surface area contributed by atoms with Crippen LogP contribution < -0.4 is 0 Å². The van der Waals surface area contributed by atoms with Gasteiger partial charge in [-0.15, -0.1) is 0 Å². The molecular formula is C13H19N3OS. The maximum Gasteiger partial charge on any atom is 0.187 e. The molecule has 1 heterocycles. The molecule has 1 aromatic rings.